The first kappa shape index (κ1) is 10.6. The lowest BCUT2D eigenvalue weighted by Gasteiger charge is -2.12. The number of ether oxygens (including phenoxy) is 1. The molecule has 0 aromatic carbocycles. The fourth-order valence-corrected chi connectivity index (χ4v) is 2.09. The van der Waals surface area contributed by atoms with Gasteiger partial charge in [0.1, 0.15) is 6.33 Å². The van der Waals surface area contributed by atoms with Crippen LogP contribution in [0.5, 0.6) is 0 Å². The van der Waals surface area contributed by atoms with Crippen LogP contribution in [0.1, 0.15) is 12.6 Å². The second kappa shape index (κ2) is 4.02. The number of aliphatic hydroxyl groups is 1. The van der Waals surface area contributed by atoms with Crippen molar-refractivity contribution < 1.29 is 9.84 Å². The van der Waals surface area contributed by atoms with Gasteiger partial charge in [-0.2, -0.15) is 5.10 Å². The van der Waals surface area contributed by atoms with Gasteiger partial charge in [0.2, 0.25) is 0 Å². The summed E-state index contributed by atoms with van der Waals surface area (Å²) in [6.07, 6.45) is 4.88. The van der Waals surface area contributed by atoms with E-state index in [-0.39, 0.29) is 25.0 Å². The highest BCUT2D eigenvalue weighted by molar-refractivity contribution is 5.72. The van der Waals surface area contributed by atoms with Gasteiger partial charge in [0.15, 0.2) is 11.9 Å². The Bertz CT molecular complexity index is 528. The minimum atomic E-state index is -0.332. The number of fused-ring (bicyclic) bond motifs is 1. The molecule has 1 fully saturated rings. The Balaban J connectivity index is 1.95. The fraction of sp³-hybridized carbons (Fsp3) is 0.500. The molecule has 1 aliphatic heterocycles. The first-order valence-corrected chi connectivity index (χ1v) is 5.44. The Morgan fingerprint density at radius 1 is 1.53 bits per heavy atom. The lowest BCUT2D eigenvalue weighted by atomic mass is 10.1. The number of rotatable bonds is 2. The van der Waals surface area contributed by atoms with Crippen molar-refractivity contribution in [3.05, 3.63) is 18.7 Å². The number of hydrogen-bond donors (Lipinski definition) is 2. The number of nitrogens with zero attached hydrogens (tertiary/aromatic N) is 4. The van der Waals surface area contributed by atoms with Gasteiger partial charge >= 0.3 is 0 Å². The zero-order valence-corrected chi connectivity index (χ0v) is 9.10. The Hall–Kier alpha value is -1.57. The van der Waals surface area contributed by atoms with Crippen LogP contribution < -0.4 is 5.73 Å². The predicted molar refractivity (Wildman–Crippen MR) is 58.9 cm³/mol. The van der Waals surface area contributed by atoms with Crippen molar-refractivity contribution in [3.8, 4) is 0 Å². The van der Waals surface area contributed by atoms with Crippen LogP contribution in [0.25, 0.3) is 11.0 Å². The average Bonchev–Trinajstić information content (AvgIpc) is 2.92. The molecule has 90 valence electrons. The molecule has 3 rings (SSSR count). The molecular formula is C10H13N5O2. The standard InChI is InChI=1S/C10H13N5O2/c11-7-1-9(17-8(7)4-16)15-10-6(3-14-15)2-12-5-13-10/h2-3,5,7-9,16H,1,4,11H2/t7-,8+,9+/m0/s1. The number of aliphatic hydroxyl groups excluding tert-OH is 1. The van der Waals surface area contributed by atoms with Crippen molar-refractivity contribution in [2.24, 2.45) is 5.73 Å². The second-order valence-electron chi connectivity index (χ2n) is 4.10. The van der Waals surface area contributed by atoms with Crippen LogP contribution in [0.4, 0.5) is 0 Å². The second-order valence-corrected chi connectivity index (χ2v) is 4.10. The molecule has 2 aromatic rings. The molecule has 0 spiro atoms. The highest BCUT2D eigenvalue weighted by Crippen LogP contribution is 2.28. The Morgan fingerprint density at radius 2 is 2.41 bits per heavy atom. The van der Waals surface area contributed by atoms with E-state index in [1.807, 2.05) is 0 Å². The van der Waals surface area contributed by atoms with Crippen LogP contribution in [0.2, 0.25) is 0 Å². The SMILES string of the molecule is N[C@H]1C[C@H](n2ncc3cncnc32)O[C@@H]1CO. The number of aromatic nitrogens is 4. The van der Waals surface area contributed by atoms with Crippen molar-refractivity contribution in [1.82, 2.24) is 19.7 Å². The molecule has 7 heteroatoms. The summed E-state index contributed by atoms with van der Waals surface area (Å²) >= 11 is 0. The van der Waals surface area contributed by atoms with Crippen molar-refractivity contribution in [2.75, 3.05) is 6.61 Å². The lowest BCUT2D eigenvalue weighted by molar-refractivity contribution is -0.0286. The van der Waals surface area contributed by atoms with Gasteiger partial charge in [-0.15, -0.1) is 0 Å². The van der Waals surface area contributed by atoms with E-state index in [0.29, 0.717) is 6.42 Å². The van der Waals surface area contributed by atoms with Crippen LogP contribution in [0.3, 0.4) is 0 Å². The van der Waals surface area contributed by atoms with Gasteiger partial charge in [-0.25, -0.2) is 14.6 Å². The molecule has 7 nitrogen and oxygen atoms in total. The highest BCUT2D eigenvalue weighted by Gasteiger charge is 2.34. The molecule has 0 unspecified atom stereocenters. The third-order valence-electron chi connectivity index (χ3n) is 2.99. The quantitative estimate of drug-likeness (QED) is 0.723. The predicted octanol–water partition coefficient (Wildman–Crippen LogP) is -0.567. The molecule has 3 atom stereocenters. The normalized spacial score (nSPS) is 28.9. The molecule has 0 saturated carbocycles. The minimum Gasteiger partial charge on any atom is -0.394 e. The molecule has 1 saturated heterocycles. The van der Waals surface area contributed by atoms with Gasteiger partial charge in [-0.1, -0.05) is 0 Å². The first-order valence-electron chi connectivity index (χ1n) is 5.44. The van der Waals surface area contributed by atoms with Crippen LogP contribution in [-0.2, 0) is 4.74 Å². The van der Waals surface area contributed by atoms with E-state index in [1.165, 1.54) is 6.33 Å². The highest BCUT2D eigenvalue weighted by atomic mass is 16.5. The van der Waals surface area contributed by atoms with E-state index in [4.69, 9.17) is 15.6 Å². The molecule has 0 radical (unpaired) electrons. The zero-order valence-electron chi connectivity index (χ0n) is 9.10. The van der Waals surface area contributed by atoms with E-state index in [9.17, 15) is 0 Å². The monoisotopic (exact) mass is 235 g/mol. The third-order valence-corrected chi connectivity index (χ3v) is 2.99. The largest absolute Gasteiger partial charge is 0.394 e. The summed E-state index contributed by atoms with van der Waals surface area (Å²) in [5, 5.41) is 14.2. The first-order chi connectivity index (χ1) is 8.29. The maximum absolute atomic E-state index is 9.10. The Labute approximate surface area is 97.2 Å². The molecular weight excluding hydrogens is 222 g/mol. The molecule has 2 aromatic heterocycles. The van der Waals surface area contributed by atoms with Gasteiger partial charge < -0.3 is 15.6 Å². The van der Waals surface area contributed by atoms with E-state index in [1.54, 1.807) is 17.1 Å². The fourth-order valence-electron chi connectivity index (χ4n) is 2.09. The summed E-state index contributed by atoms with van der Waals surface area (Å²) < 4.78 is 7.33. The molecule has 17 heavy (non-hydrogen) atoms. The van der Waals surface area contributed by atoms with Gasteiger partial charge in [0.05, 0.1) is 24.3 Å². The van der Waals surface area contributed by atoms with Crippen LogP contribution >= 0.6 is 0 Å². The third kappa shape index (κ3) is 1.68. The summed E-state index contributed by atoms with van der Waals surface area (Å²) in [6, 6.07) is -0.175. The van der Waals surface area contributed by atoms with Gasteiger partial charge in [0.25, 0.3) is 0 Å². The lowest BCUT2D eigenvalue weighted by Crippen LogP contribution is -2.32. The van der Waals surface area contributed by atoms with E-state index >= 15 is 0 Å². The molecule has 3 heterocycles. The summed E-state index contributed by atoms with van der Waals surface area (Å²) in [4.78, 5) is 8.10. The molecule has 0 bridgehead atoms. The van der Waals surface area contributed by atoms with E-state index < -0.39 is 0 Å². The van der Waals surface area contributed by atoms with Crippen LogP contribution in [-0.4, -0.2) is 43.6 Å². The Morgan fingerprint density at radius 3 is 3.18 bits per heavy atom. The maximum atomic E-state index is 9.10. The summed E-state index contributed by atoms with van der Waals surface area (Å²) in [7, 11) is 0. The van der Waals surface area contributed by atoms with Crippen LogP contribution in [0.15, 0.2) is 18.7 Å². The summed E-state index contributed by atoms with van der Waals surface area (Å²) in [6.45, 7) is -0.0775. The number of nitrogens with two attached hydrogens (primary N) is 1. The van der Waals surface area contributed by atoms with Gasteiger partial charge in [0, 0.05) is 18.7 Å². The van der Waals surface area contributed by atoms with E-state index in [0.717, 1.165) is 11.0 Å². The Kier molecular flexibility index (Phi) is 2.50. The van der Waals surface area contributed by atoms with Crippen molar-refractivity contribution >= 4 is 11.0 Å². The van der Waals surface area contributed by atoms with Crippen molar-refractivity contribution in [3.63, 3.8) is 0 Å². The molecule has 0 amide bonds. The minimum absolute atomic E-state index is 0.0775. The van der Waals surface area contributed by atoms with Crippen molar-refractivity contribution in [2.45, 2.75) is 24.8 Å². The number of hydrogen-bond acceptors (Lipinski definition) is 6. The van der Waals surface area contributed by atoms with Gasteiger partial charge in [-0.05, 0) is 0 Å². The topological polar surface area (TPSA) is 99.1 Å². The molecule has 1 aliphatic rings. The summed E-state index contributed by atoms with van der Waals surface area (Å²) in [5.74, 6) is 0. The van der Waals surface area contributed by atoms with Crippen LogP contribution in [0, 0.1) is 0 Å². The zero-order chi connectivity index (χ0) is 11.8. The summed E-state index contributed by atoms with van der Waals surface area (Å²) in [5.41, 5.74) is 6.59. The molecule has 3 N–H and O–H groups in total. The maximum Gasteiger partial charge on any atom is 0.163 e. The smallest absolute Gasteiger partial charge is 0.163 e. The molecule has 0 aliphatic carbocycles. The average molecular weight is 235 g/mol. The van der Waals surface area contributed by atoms with Gasteiger partial charge in [-0.3, -0.25) is 0 Å². The van der Waals surface area contributed by atoms with E-state index in [2.05, 4.69) is 15.1 Å². The van der Waals surface area contributed by atoms with Crippen molar-refractivity contribution in [1.29, 1.82) is 0 Å².